The quantitative estimate of drug-likeness (QED) is 0.651. The molecule has 0 bridgehead atoms. The second kappa shape index (κ2) is 14.2. The smallest absolute Gasteiger partial charge is 0.257 e. The first kappa shape index (κ1) is 27.1. The summed E-state index contributed by atoms with van der Waals surface area (Å²) in [4.78, 5) is 36.4. The van der Waals surface area contributed by atoms with Gasteiger partial charge in [0.15, 0.2) is 0 Å². The molecule has 0 radical (unpaired) electrons. The van der Waals surface area contributed by atoms with Crippen LogP contribution < -0.4 is 0 Å². The molecule has 1 saturated heterocycles. The maximum Gasteiger partial charge on any atom is 0.257 e. The fraction of sp³-hybridized carbons (Fsp3) is 0.739. The predicted octanol–water partition coefficient (Wildman–Crippen LogP) is 0.731. The van der Waals surface area contributed by atoms with Crippen LogP contribution in [-0.2, 0) is 14.3 Å². The molecule has 1 fully saturated rings. The van der Waals surface area contributed by atoms with Crippen LogP contribution in [0.1, 0.15) is 50.4 Å². The number of carbonyl (C=O) groups is 2. The standard InChI is InChI=1S/C23H38N4O6/c1-17(2)6-11-33-21-14-27(18(3)28)9-8-26(23(31)19-12-24-16-25-13-19)7-4-5-10-32-15-20(29)22(21)30/h12-13,16-17,20-22,29-30H,4-11,14-15H2,1-3H3/t20-,21-,22-/m1/s1. The molecular formula is C23H38N4O6. The zero-order chi connectivity index (χ0) is 24.2. The molecule has 2 heterocycles. The van der Waals surface area contributed by atoms with E-state index in [0.717, 1.165) is 6.42 Å². The summed E-state index contributed by atoms with van der Waals surface area (Å²) in [6, 6.07) is 0. The minimum absolute atomic E-state index is 0.0325. The molecule has 2 N–H and O–H groups in total. The van der Waals surface area contributed by atoms with Gasteiger partial charge in [-0.3, -0.25) is 9.59 Å². The number of aliphatic hydroxyl groups is 2. The van der Waals surface area contributed by atoms with Gasteiger partial charge < -0.3 is 29.5 Å². The zero-order valence-corrected chi connectivity index (χ0v) is 19.9. The molecule has 186 valence electrons. The van der Waals surface area contributed by atoms with Gasteiger partial charge in [0.2, 0.25) is 5.91 Å². The van der Waals surface area contributed by atoms with Gasteiger partial charge in [0.25, 0.3) is 5.91 Å². The summed E-state index contributed by atoms with van der Waals surface area (Å²) < 4.78 is 11.4. The van der Waals surface area contributed by atoms with Crippen LogP contribution in [0.25, 0.3) is 0 Å². The fourth-order valence-corrected chi connectivity index (χ4v) is 3.51. The normalized spacial score (nSPS) is 23.9. The van der Waals surface area contributed by atoms with E-state index in [1.807, 2.05) is 0 Å². The highest BCUT2D eigenvalue weighted by Gasteiger charge is 2.30. The van der Waals surface area contributed by atoms with Crippen molar-refractivity contribution in [1.29, 1.82) is 0 Å². The molecule has 10 nitrogen and oxygen atoms in total. The van der Waals surface area contributed by atoms with Gasteiger partial charge in [-0.15, -0.1) is 0 Å². The number of hydrogen-bond acceptors (Lipinski definition) is 8. The Morgan fingerprint density at radius 2 is 1.85 bits per heavy atom. The van der Waals surface area contributed by atoms with E-state index in [-0.39, 0.29) is 31.5 Å². The fourth-order valence-electron chi connectivity index (χ4n) is 3.51. The number of aromatic nitrogens is 2. The highest BCUT2D eigenvalue weighted by Crippen LogP contribution is 2.13. The van der Waals surface area contributed by atoms with Crippen molar-refractivity contribution in [2.45, 2.75) is 58.3 Å². The van der Waals surface area contributed by atoms with Crippen LogP contribution in [0.4, 0.5) is 0 Å². The van der Waals surface area contributed by atoms with Gasteiger partial charge in [-0.1, -0.05) is 13.8 Å². The van der Waals surface area contributed by atoms with E-state index in [2.05, 4.69) is 23.8 Å². The van der Waals surface area contributed by atoms with Crippen molar-refractivity contribution in [1.82, 2.24) is 19.8 Å². The molecule has 0 saturated carbocycles. The lowest BCUT2D eigenvalue weighted by atomic mass is 10.1. The number of hydrogen-bond donors (Lipinski definition) is 2. The molecule has 3 atom stereocenters. The first-order valence-corrected chi connectivity index (χ1v) is 11.6. The zero-order valence-electron chi connectivity index (χ0n) is 19.9. The average molecular weight is 467 g/mol. The summed E-state index contributed by atoms with van der Waals surface area (Å²) >= 11 is 0. The highest BCUT2D eigenvalue weighted by atomic mass is 16.5. The molecular weight excluding hydrogens is 428 g/mol. The first-order valence-electron chi connectivity index (χ1n) is 11.6. The summed E-state index contributed by atoms with van der Waals surface area (Å²) in [5.41, 5.74) is 0.387. The average Bonchev–Trinajstić information content (AvgIpc) is 2.79. The number of carbonyl (C=O) groups excluding carboxylic acids is 2. The topological polar surface area (TPSA) is 125 Å². The number of ether oxygens (including phenoxy) is 2. The Bertz CT molecular complexity index is 720. The first-order chi connectivity index (χ1) is 15.8. The Balaban J connectivity index is 2.17. The molecule has 0 unspecified atom stereocenters. The van der Waals surface area contributed by atoms with Crippen molar-refractivity contribution in [3.8, 4) is 0 Å². The van der Waals surface area contributed by atoms with Gasteiger partial charge in [0.1, 0.15) is 24.6 Å². The Hall–Kier alpha value is -2.14. The lowest BCUT2D eigenvalue weighted by Crippen LogP contribution is -2.50. The van der Waals surface area contributed by atoms with Crippen molar-refractivity contribution >= 4 is 11.8 Å². The van der Waals surface area contributed by atoms with E-state index in [0.29, 0.717) is 50.6 Å². The molecule has 0 aromatic carbocycles. The molecule has 1 aliphatic heterocycles. The van der Waals surface area contributed by atoms with Crippen LogP contribution in [0, 0.1) is 5.92 Å². The predicted molar refractivity (Wildman–Crippen MR) is 121 cm³/mol. The van der Waals surface area contributed by atoms with Gasteiger partial charge in [0, 0.05) is 58.7 Å². The molecule has 1 aromatic heterocycles. The van der Waals surface area contributed by atoms with Gasteiger partial charge in [-0.25, -0.2) is 9.97 Å². The van der Waals surface area contributed by atoms with Gasteiger partial charge in [-0.05, 0) is 25.2 Å². The third-order valence-electron chi connectivity index (χ3n) is 5.64. The molecule has 2 rings (SSSR count). The molecule has 33 heavy (non-hydrogen) atoms. The van der Waals surface area contributed by atoms with Crippen LogP contribution >= 0.6 is 0 Å². The molecule has 1 aliphatic rings. The van der Waals surface area contributed by atoms with Crippen molar-refractivity contribution < 1.29 is 29.3 Å². The second-order valence-electron chi connectivity index (χ2n) is 8.82. The maximum absolute atomic E-state index is 13.0. The number of rotatable bonds is 5. The number of aliphatic hydroxyl groups excluding tert-OH is 2. The molecule has 10 heteroatoms. The van der Waals surface area contributed by atoms with E-state index < -0.39 is 18.3 Å². The van der Waals surface area contributed by atoms with Crippen LogP contribution in [0.3, 0.4) is 0 Å². The SMILES string of the molecule is CC(=O)N1CCN(C(=O)c2cncnc2)CCCCOC[C@@H](O)[C@@H](O)[C@H](OCCC(C)C)C1. The Labute approximate surface area is 195 Å². The minimum Gasteiger partial charge on any atom is -0.388 e. The summed E-state index contributed by atoms with van der Waals surface area (Å²) in [6.45, 7) is 7.53. The minimum atomic E-state index is -1.21. The van der Waals surface area contributed by atoms with Crippen LogP contribution in [-0.4, -0.2) is 106 Å². The third-order valence-corrected chi connectivity index (χ3v) is 5.64. The third kappa shape index (κ3) is 9.32. The lowest BCUT2D eigenvalue weighted by molar-refractivity contribution is -0.140. The van der Waals surface area contributed by atoms with E-state index >= 15 is 0 Å². The molecule has 0 spiro atoms. The lowest BCUT2D eigenvalue weighted by Gasteiger charge is -2.33. The maximum atomic E-state index is 13.0. The van der Waals surface area contributed by atoms with Crippen LogP contribution in [0.5, 0.6) is 0 Å². The van der Waals surface area contributed by atoms with Gasteiger partial charge >= 0.3 is 0 Å². The van der Waals surface area contributed by atoms with E-state index in [9.17, 15) is 19.8 Å². The molecule has 2 amide bonds. The van der Waals surface area contributed by atoms with Gasteiger partial charge in [0.05, 0.1) is 12.2 Å². The van der Waals surface area contributed by atoms with Crippen molar-refractivity contribution in [2.75, 3.05) is 46.0 Å². The Morgan fingerprint density at radius 3 is 2.52 bits per heavy atom. The second-order valence-corrected chi connectivity index (χ2v) is 8.82. The highest BCUT2D eigenvalue weighted by molar-refractivity contribution is 5.93. The van der Waals surface area contributed by atoms with Crippen LogP contribution in [0.15, 0.2) is 18.7 Å². The van der Waals surface area contributed by atoms with Crippen molar-refractivity contribution in [3.63, 3.8) is 0 Å². The summed E-state index contributed by atoms with van der Waals surface area (Å²) in [7, 11) is 0. The van der Waals surface area contributed by atoms with Crippen molar-refractivity contribution in [2.24, 2.45) is 5.92 Å². The number of nitrogens with zero attached hydrogens (tertiary/aromatic N) is 4. The van der Waals surface area contributed by atoms with E-state index in [1.54, 1.807) is 9.80 Å². The van der Waals surface area contributed by atoms with E-state index in [1.165, 1.54) is 25.6 Å². The van der Waals surface area contributed by atoms with Crippen LogP contribution in [0.2, 0.25) is 0 Å². The number of amides is 2. The van der Waals surface area contributed by atoms with E-state index in [4.69, 9.17) is 9.47 Å². The summed E-state index contributed by atoms with van der Waals surface area (Å²) in [6.07, 6.45) is 3.38. The Morgan fingerprint density at radius 1 is 1.15 bits per heavy atom. The largest absolute Gasteiger partial charge is 0.388 e. The van der Waals surface area contributed by atoms with Gasteiger partial charge in [-0.2, -0.15) is 0 Å². The summed E-state index contributed by atoms with van der Waals surface area (Å²) in [5, 5.41) is 21.1. The molecule has 0 aliphatic carbocycles. The monoisotopic (exact) mass is 466 g/mol. The Kier molecular flexibility index (Phi) is 11.7. The summed E-state index contributed by atoms with van der Waals surface area (Å²) in [5.74, 6) is 0.0135. The molecule has 1 aromatic rings. The van der Waals surface area contributed by atoms with Crippen molar-refractivity contribution in [3.05, 3.63) is 24.3 Å².